The number of nitrogens with zero attached hydrogens (tertiary/aromatic N) is 1. The summed E-state index contributed by atoms with van der Waals surface area (Å²) in [4.78, 5) is 3.66. The van der Waals surface area contributed by atoms with E-state index in [1.165, 1.54) is 28.4 Å². The van der Waals surface area contributed by atoms with E-state index in [9.17, 15) is 0 Å². The Bertz CT molecular complexity index is 502. The van der Waals surface area contributed by atoms with E-state index in [1.54, 1.807) is 0 Å². The van der Waals surface area contributed by atoms with Gasteiger partial charge in [0, 0.05) is 17.6 Å². The van der Waals surface area contributed by atoms with Crippen molar-refractivity contribution in [3.8, 4) is 0 Å². The van der Waals surface area contributed by atoms with E-state index in [4.69, 9.17) is 0 Å². The molecule has 2 rings (SSSR count). The van der Waals surface area contributed by atoms with Crippen LogP contribution < -0.4 is 4.90 Å². The van der Waals surface area contributed by atoms with Gasteiger partial charge in [-0.2, -0.15) is 0 Å². The standard InChI is InChI=1S/C13H15NS.C5H10.C3H8/c1-3-12-9-10-13(15-12)14(2)11-7-5-4-6-8-11;1-3-5-4-2;1-3-2/h4-10H,3H2,1-2H3;3H,1,4-5H2,2H3;3H2,1-2H3. The summed E-state index contributed by atoms with van der Waals surface area (Å²) in [6.45, 7) is 12.1. The maximum atomic E-state index is 3.55. The van der Waals surface area contributed by atoms with Gasteiger partial charge in [0.1, 0.15) is 0 Å². The molecule has 2 aromatic rings. The van der Waals surface area contributed by atoms with Crippen LogP contribution in [0.1, 0.15) is 51.8 Å². The number of anilines is 2. The lowest BCUT2D eigenvalue weighted by molar-refractivity contribution is 0.961. The van der Waals surface area contributed by atoms with E-state index in [-0.39, 0.29) is 0 Å². The van der Waals surface area contributed by atoms with Gasteiger partial charge >= 0.3 is 0 Å². The summed E-state index contributed by atoms with van der Waals surface area (Å²) in [5.74, 6) is 0. The molecule has 128 valence electrons. The largest absolute Gasteiger partial charge is 0.336 e. The number of unbranched alkanes of at least 4 members (excludes halogenated alkanes) is 1. The van der Waals surface area contributed by atoms with Gasteiger partial charge in [0.15, 0.2) is 0 Å². The molecule has 0 saturated carbocycles. The molecule has 2 heteroatoms. The Labute approximate surface area is 147 Å². The summed E-state index contributed by atoms with van der Waals surface area (Å²) in [7, 11) is 2.11. The quantitative estimate of drug-likeness (QED) is 0.514. The minimum Gasteiger partial charge on any atom is -0.336 e. The lowest BCUT2D eigenvalue weighted by atomic mass is 10.3. The van der Waals surface area contributed by atoms with Crippen molar-refractivity contribution < 1.29 is 0 Å². The third-order valence-corrected chi connectivity index (χ3v) is 4.27. The van der Waals surface area contributed by atoms with Gasteiger partial charge in [-0.3, -0.25) is 0 Å². The zero-order chi connectivity index (χ0) is 17.5. The summed E-state index contributed by atoms with van der Waals surface area (Å²) in [6, 6.07) is 14.8. The van der Waals surface area contributed by atoms with Gasteiger partial charge in [0.2, 0.25) is 0 Å². The van der Waals surface area contributed by atoms with E-state index < -0.39 is 0 Å². The SMILES string of the molecule is C=CCCC.CCC.CCc1ccc(N(C)c2ccccc2)s1. The molecule has 23 heavy (non-hydrogen) atoms. The van der Waals surface area contributed by atoms with Crippen LogP contribution in [0.3, 0.4) is 0 Å². The Morgan fingerprint density at radius 1 is 1.00 bits per heavy atom. The van der Waals surface area contributed by atoms with E-state index in [0.717, 1.165) is 12.8 Å². The summed E-state index contributed by atoms with van der Waals surface area (Å²) in [6.07, 6.45) is 6.68. The Morgan fingerprint density at radius 2 is 1.61 bits per heavy atom. The molecule has 0 saturated heterocycles. The van der Waals surface area contributed by atoms with E-state index >= 15 is 0 Å². The van der Waals surface area contributed by atoms with Crippen LogP contribution in [0, 0.1) is 0 Å². The molecule has 0 N–H and O–H groups in total. The first-order chi connectivity index (χ1) is 11.1. The first kappa shape index (κ1) is 21.5. The molecular formula is C21H33NS. The minimum absolute atomic E-state index is 1.12. The third-order valence-electron chi connectivity index (χ3n) is 2.96. The van der Waals surface area contributed by atoms with Crippen LogP contribution in [-0.4, -0.2) is 7.05 Å². The van der Waals surface area contributed by atoms with Crippen molar-refractivity contribution in [2.75, 3.05) is 11.9 Å². The van der Waals surface area contributed by atoms with Gasteiger partial charge in [-0.25, -0.2) is 0 Å². The minimum atomic E-state index is 1.12. The second-order valence-corrected chi connectivity index (χ2v) is 6.42. The number of benzene rings is 1. The average molecular weight is 332 g/mol. The molecule has 0 fully saturated rings. The molecule has 0 bridgehead atoms. The number of allylic oxidation sites excluding steroid dienone is 1. The van der Waals surface area contributed by atoms with Crippen LogP contribution in [0.15, 0.2) is 55.1 Å². The number of para-hydroxylation sites is 1. The van der Waals surface area contributed by atoms with Crippen LogP contribution >= 0.6 is 11.3 Å². The first-order valence-corrected chi connectivity index (χ1v) is 9.44. The molecule has 0 amide bonds. The van der Waals surface area contributed by atoms with Crippen LogP contribution in [0.2, 0.25) is 0 Å². The Balaban J connectivity index is 0.000000511. The highest BCUT2D eigenvalue weighted by molar-refractivity contribution is 7.16. The molecule has 0 aliphatic rings. The van der Waals surface area contributed by atoms with Crippen LogP contribution in [-0.2, 0) is 6.42 Å². The van der Waals surface area contributed by atoms with E-state index in [0.29, 0.717) is 0 Å². The molecule has 1 heterocycles. The molecule has 0 spiro atoms. The van der Waals surface area contributed by atoms with Gasteiger partial charge < -0.3 is 4.90 Å². The zero-order valence-electron chi connectivity index (χ0n) is 15.5. The molecule has 1 aromatic carbocycles. The lowest BCUT2D eigenvalue weighted by Crippen LogP contribution is -2.06. The molecule has 1 nitrogen and oxygen atoms in total. The maximum absolute atomic E-state index is 3.55. The molecule has 0 atom stereocenters. The van der Waals surface area contributed by atoms with Crippen molar-refractivity contribution in [1.82, 2.24) is 0 Å². The number of thiophene rings is 1. The number of aryl methyl sites for hydroxylation is 1. The first-order valence-electron chi connectivity index (χ1n) is 8.62. The lowest BCUT2D eigenvalue weighted by Gasteiger charge is -2.16. The fourth-order valence-corrected chi connectivity index (χ4v) is 2.65. The highest BCUT2D eigenvalue weighted by atomic mass is 32.1. The molecule has 0 unspecified atom stereocenters. The summed E-state index contributed by atoms with van der Waals surface area (Å²) in [5.41, 5.74) is 1.24. The molecule has 0 aliphatic heterocycles. The molecular weight excluding hydrogens is 298 g/mol. The molecule has 1 aromatic heterocycles. The number of hydrogen-bond acceptors (Lipinski definition) is 2. The van der Waals surface area contributed by atoms with Gasteiger partial charge in [-0.15, -0.1) is 17.9 Å². The third kappa shape index (κ3) is 9.25. The summed E-state index contributed by atoms with van der Waals surface area (Å²) in [5, 5.41) is 1.30. The van der Waals surface area contributed by atoms with Crippen LogP contribution in [0.25, 0.3) is 0 Å². The normalized spacial score (nSPS) is 9.09. The van der Waals surface area contributed by atoms with Crippen molar-refractivity contribution in [2.24, 2.45) is 0 Å². The van der Waals surface area contributed by atoms with Crippen molar-refractivity contribution in [1.29, 1.82) is 0 Å². The number of rotatable bonds is 5. The van der Waals surface area contributed by atoms with Crippen LogP contribution in [0.5, 0.6) is 0 Å². The molecule has 0 radical (unpaired) electrons. The van der Waals surface area contributed by atoms with E-state index in [2.05, 4.69) is 82.6 Å². The second-order valence-electron chi connectivity index (χ2n) is 5.27. The average Bonchev–Trinajstić information content (AvgIpc) is 3.06. The Kier molecular flexibility index (Phi) is 13.1. The Hall–Kier alpha value is -1.54. The van der Waals surface area contributed by atoms with Crippen molar-refractivity contribution in [3.63, 3.8) is 0 Å². The van der Waals surface area contributed by atoms with E-state index in [1.807, 2.05) is 23.5 Å². The van der Waals surface area contributed by atoms with Crippen molar-refractivity contribution in [3.05, 3.63) is 60.0 Å². The van der Waals surface area contributed by atoms with Gasteiger partial charge in [-0.1, -0.05) is 64.8 Å². The summed E-state index contributed by atoms with van der Waals surface area (Å²) >= 11 is 1.86. The van der Waals surface area contributed by atoms with Crippen LogP contribution in [0.4, 0.5) is 10.7 Å². The fraction of sp³-hybridized carbons (Fsp3) is 0.429. The van der Waals surface area contributed by atoms with Crippen molar-refractivity contribution >= 4 is 22.0 Å². The monoisotopic (exact) mass is 331 g/mol. The Morgan fingerprint density at radius 3 is 2.00 bits per heavy atom. The smallest absolute Gasteiger partial charge is 0.0953 e. The van der Waals surface area contributed by atoms with Gasteiger partial charge in [0.25, 0.3) is 0 Å². The van der Waals surface area contributed by atoms with Gasteiger partial charge in [-0.05, 0) is 37.1 Å². The molecule has 0 aliphatic carbocycles. The summed E-state index contributed by atoms with van der Waals surface area (Å²) < 4.78 is 0. The highest BCUT2D eigenvalue weighted by Gasteiger charge is 2.05. The highest BCUT2D eigenvalue weighted by Crippen LogP contribution is 2.30. The maximum Gasteiger partial charge on any atom is 0.0953 e. The fourth-order valence-electron chi connectivity index (χ4n) is 1.72. The zero-order valence-corrected chi connectivity index (χ0v) is 16.3. The van der Waals surface area contributed by atoms with Crippen molar-refractivity contribution in [2.45, 2.75) is 53.4 Å². The number of hydrogen-bond donors (Lipinski definition) is 0. The predicted molar refractivity (Wildman–Crippen MR) is 109 cm³/mol. The second kappa shape index (κ2) is 14.1. The topological polar surface area (TPSA) is 3.24 Å². The van der Waals surface area contributed by atoms with Gasteiger partial charge in [0.05, 0.1) is 5.00 Å². The predicted octanol–water partition coefficient (Wildman–Crippen LogP) is 7.47.